The molecule has 2 N–H and O–H groups in total. The summed E-state index contributed by atoms with van der Waals surface area (Å²) in [6.45, 7) is 1.99. The topological polar surface area (TPSA) is 67.1 Å². The van der Waals surface area contributed by atoms with E-state index in [0.717, 1.165) is 22.5 Å². The van der Waals surface area contributed by atoms with E-state index in [0.29, 0.717) is 11.3 Å². The van der Waals surface area contributed by atoms with Crippen molar-refractivity contribution >= 4 is 11.3 Å². The van der Waals surface area contributed by atoms with Gasteiger partial charge in [0.2, 0.25) is 0 Å². The maximum atomic E-state index is 8.80. The van der Waals surface area contributed by atoms with Crippen LogP contribution in [-0.2, 0) is 0 Å². The molecule has 4 heteroatoms. The molecule has 2 aromatic heterocycles. The van der Waals surface area contributed by atoms with Crippen LogP contribution in [0.5, 0.6) is 0 Å². The number of nitrogen functional groups attached to an aromatic ring is 1. The molecule has 0 fully saturated rings. The molecule has 0 aliphatic rings. The summed E-state index contributed by atoms with van der Waals surface area (Å²) in [6.07, 6.45) is 3.79. The van der Waals surface area contributed by atoms with Gasteiger partial charge in [0.25, 0.3) is 0 Å². The molecule has 0 aliphatic heterocycles. The van der Waals surface area contributed by atoms with Gasteiger partial charge in [-0.05, 0) is 30.7 Å². The molecular weight excluding hydrogens is 236 g/mol. The number of pyridine rings is 1. The van der Waals surface area contributed by atoms with Crippen molar-refractivity contribution in [3.8, 4) is 17.3 Å². The van der Waals surface area contributed by atoms with Crippen LogP contribution in [0.2, 0.25) is 0 Å². The summed E-state index contributed by atoms with van der Waals surface area (Å²) in [5.74, 6) is 0. The van der Waals surface area contributed by atoms with E-state index in [2.05, 4.69) is 11.1 Å². The van der Waals surface area contributed by atoms with E-state index >= 15 is 0 Å². The van der Waals surface area contributed by atoms with Gasteiger partial charge in [-0.3, -0.25) is 0 Å². The van der Waals surface area contributed by atoms with Crippen LogP contribution < -0.4 is 5.73 Å². The van der Waals surface area contributed by atoms with Crippen molar-refractivity contribution in [2.75, 3.05) is 5.73 Å². The Morgan fingerprint density at radius 3 is 2.63 bits per heavy atom. The number of nitrogens with zero attached hydrogens (tertiary/aromatic N) is 3. The van der Waals surface area contributed by atoms with E-state index in [9.17, 15) is 0 Å². The monoisotopic (exact) mass is 248 g/mol. The van der Waals surface area contributed by atoms with Gasteiger partial charge in [0.15, 0.2) is 0 Å². The molecule has 0 saturated carbocycles. The Kier molecular flexibility index (Phi) is 2.46. The molecule has 92 valence electrons. The molecule has 0 unspecified atom stereocenters. The predicted molar refractivity (Wildman–Crippen MR) is 74.5 cm³/mol. The maximum absolute atomic E-state index is 8.80. The summed E-state index contributed by atoms with van der Waals surface area (Å²) in [5.41, 5.74) is 11.0. The number of anilines is 1. The first-order valence-electron chi connectivity index (χ1n) is 5.93. The van der Waals surface area contributed by atoms with E-state index in [4.69, 9.17) is 11.0 Å². The van der Waals surface area contributed by atoms with Crippen molar-refractivity contribution < 1.29 is 0 Å². The Bertz CT molecular complexity index is 791. The molecule has 0 spiro atoms. The van der Waals surface area contributed by atoms with E-state index in [-0.39, 0.29) is 0 Å². The van der Waals surface area contributed by atoms with Gasteiger partial charge < -0.3 is 10.1 Å². The largest absolute Gasteiger partial charge is 0.398 e. The average Bonchev–Trinajstić information content (AvgIpc) is 2.83. The third-order valence-electron chi connectivity index (χ3n) is 3.07. The lowest BCUT2D eigenvalue weighted by Crippen LogP contribution is -1.92. The van der Waals surface area contributed by atoms with Crippen molar-refractivity contribution in [2.24, 2.45) is 0 Å². The lowest BCUT2D eigenvalue weighted by molar-refractivity contribution is 1.17. The van der Waals surface area contributed by atoms with Gasteiger partial charge in [0, 0.05) is 23.6 Å². The van der Waals surface area contributed by atoms with Gasteiger partial charge in [-0.15, -0.1) is 0 Å². The maximum Gasteiger partial charge on any atom is 0.140 e. The highest BCUT2D eigenvalue weighted by Gasteiger charge is 2.07. The van der Waals surface area contributed by atoms with Crippen LogP contribution >= 0.6 is 0 Å². The fraction of sp³-hybridized carbons (Fsp3) is 0.0667. The molecule has 3 rings (SSSR count). The number of imidazole rings is 1. The zero-order valence-electron chi connectivity index (χ0n) is 10.5. The number of benzene rings is 1. The molecule has 0 amide bonds. The van der Waals surface area contributed by atoms with E-state index in [1.807, 2.05) is 41.9 Å². The molecule has 0 atom stereocenters. The quantitative estimate of drug-likeness (QED) is 0.720. The number of fused-ring (bicyclic) bond motifs is 1. The zero-order valence-corrected chi connectivity index (χ0v) is 10.5. The summed E-state index contributed by atoms with van der Waals surface area (Å²) >= 11 is 0. The molecule has 0 radical (unpaired) electrons. The molecule has 3 aromatic rings. The minimum atomic E-state index is 0.646. The average molecular weight is 248 g/mol. The lowest BCUT2D eigenvalue weighted by Gasteiger charge is -1.98. The Labute approximate surface area is 110 Å². The Balaban J connectivity index is 2.15. The highest BCUT2D eigenvalue weighted by Crippen LogP contribution is 2.22. The molecule has 0 saturated heterocycles. The standard InChI is InChI=1S/C15H12N4/c1-10-6-13(17)8-19-9-14(18-15(10)19)12-4-2-11(7-16)3-5-12/h2-6,8-9H,17H2,1H3. The van der Waals surface area contributed by atoms with E-state index in [1.54, 1.807) is 12.1 Å². The Hall–Kier alpha value is -2.80. The molecule has 2 heterocycles. The number of nitriles is 1. The Morgan fingerprint density at radius 2 is 1.95 bits per heavy atom. The van der Waals surface area contributed by atoms with Crippen LogP contribution in [0, 0.1) is 18.3 Å². The molecule has 1 aromatic carbocycles. The number of hydrogen-bond donors (Lipinski definition) is 1. The number of rotatable bonds is 1. The van der Waals surface area contributed by atoms with Crippen LogP contribution in [0.4, 0.5) is 5.69 Å². The van der Waals surface area contributed by atoms with Crippen LogP contribution in [0.1, 0.15) is 11.1 Å². The van der Waals surface area contributed by atoms with Crippen molar-refractivity contribution in [1.82, 2.24) is 9.38 Å². The van der Waals surface area contributed by atoms with Gasteiger partial charge in [-0.25, -0.2) is 4.98 Å². The highest BCUT2D eigenvalue weighted by molar-refractivity contribution is 5.66. The molecular formula is C15H12N4. The van der Waals surface area contributed by atoms with Crippen molar-refractivity contribution in [3.05, 3.63) is 53.9 Å². The van der Waals surface area contributed by atoms with Crippen molar-refractivity contribution in [3.63, 3.8) is 0 Å². The van der Waals surface area contributed by atoms with Crippen LogP contribution in [0.3, 0.4) is 0 Å². The first-order valence-corrected chi connectivity index (χ1v) is 5.93. The number of aromatic nitrogens is 2. The van der Waals surface area contributed by atoms with Gasteiger partial charge >= 0.3 is 0 Å². The summed E-state index contributed by atoms with van der Waals surface area (Å²) in [4.78, 5) is 4.60. The van der Waals surface area contributed by atoms with Crippen molar-refractivity contribution in [2.45, 2.75) is 6.92 Å². The molecule has 0 bridgehead atoms. The summed E-state index contributed by atoms with van der Waals surface area (Å²) in [7, 11) is 0. The highest BCUT2D eigenvalue weighted by atomic mass is 15.0. The summed E-state index contributed by atoms with van der Waals surface area (Å²) in [5, 5.41) is 8.80. The van der Waals surface area contributed by atoms with Crippen LogP contribution in [0.15, 0.2) is 42.7 Å². The third-order valence-corrected chi connectivity index (χ3v) is 3.07. The molecule has 19 heavy (non-hydrogen) atoms. The van der Waals surface area contributed by atoms with E-state index in [1.165, 1.54) is 0 Å². The molecule has 4 nitrogen and oxygen atoms in total. The zero-order chi connectivity index (χ0) is 13.4. The predicted octanol–water partition coefficient (Wildman–Crippen LogP) is 2.76. The smallest absolute Gasteiger partial charge is 0.140 e. The first kappa shape index (κ1) is 11.3. The Morgan fingerprint density at radius 1 is 1.21 bits per heavy atom. The number of aryl methyl sites for hydroxylation is 1. The first-order chi connectivity index (χ1) is 9.17. The fourth-order valence-electron chi connectivity index (χ4n) is 2.15. The summed E-state index contributed by atoms with van der Waals surface area (Å²) < 4.78 is 1.93. The second-order valence-corrected chi connectivity index (χ2v) is 4.50. The SMILES string of the molecule is Cc1cc(N)cn2cc(-c3ccc(C#N)cc3)nc12. The number of nitrogens with two attached hydrogens (primary N) is 1. The normalized spacial score (nSPS) is 10.5. The van der Waals surface area contributed by atoms with Crippen molar-refractivity contribution in [1.29, 1.82) is 5.26 Å². The second-order valence-electron chi connectivity index (χ2n) is 4.50. The minimum Gasteiger partial charge on any atom is -0.398 e. The van der Waals surface area contributed by atoms with Gasteiger partial charge in [0.1, 0.15) is 5.65 Å². The van der Waals surface area contributed by atoms with Gasteiger partial charge in [-0.1, -0.05) is 12.1 Å². The number of hydrogen-bond acceptors (Lipinski definition) is 3. The van der Waals surface area contributed by atoms with Gasteiger partial charge in [-0.2, -0.15) is 5.26 Å². The minimum absolute atomic E-state index is 0.646. The lowest BCUT2D eigenvalue weighted by atomic mass is 10.1. The van der Waals surface area contributed by atoms with Crippen LogP contribution in [-0.4, -0.2) is 9.38 Å². The third kappa shape index (κ3) is 1.91. The van der Waals surface area contributed by atoms with Crippen LogP contribution in [0.25, 0.3) is 16.9 Å². The fourth-order valence-corrected chi connectivity index (χ4v) is 2.15. The van der Waals surface area contributed by atoms with E-state index < -0.39 is 0 Å². The molecule has 0 aliphatic carbocycles. The summed E-state index contributed by atoms with van der Waals surface area (Å²) in [6, 6.07) is 11.4. The van der Waals surface area contributed by atoms with Gasteiger partial charge in [0.05, 0.1) is 17.3 Å². The second kappa shape index (κ2) is 4.14.